The molecule has 0 bridgehead atoms. The fraction of sp³-hybridized carbons (Fsp3) is 0.917. The largest absolute Gasteiger partial charge is 0.466 e. The lowest BCUT2D eigenvalue weighted by molar-refractivity contribution is -0.144. The molecule has 0 aromatic carbocycles. The summed E-state index contributed by atoms with van der Waals surface area (Å²) in [4.78, 5) is 14.0. The van der Waals surface area contributed by atoms with Gasteiger partial charge in [0, 0.05) is 12.5 Å². The van der Waals surface area contributed by atoms with Crippen molar-refractivity contribution in [3.8, 4) is 0 Å². The quantitative estimate of drug-likeness (QED) is 0.667. The number of carbonyl (C=O) groups excluding carboxylic acids is 1. The Hall–Kier alpha value is -0.570. The normalized spacial score (nSPS) is 31.3. The number of piperidine rings is 1. The summed E-state index contributed by atoms with van der Waals surface area (Å²) in [5, 5.41) is 0. The Morgan fingerprint density at radius 2 is 2.27 bits per heavy atom. The molecule has 0 aromatic heterocycles. The number of ether oxygens (including phenoxy) is 1. The predicted molar refractivity (Wildman–Crippen MR) is 58.6 cm³/mol. The molecule has 0 aliphatic carbocycles. The number of fused-ring (bicyclic) bond motifs is 1. The molecule has 0 N–H and O–H groups in total. The molecule has 0 saturated carbocycles. The fourth-order valence-corrected chi connectivity index (χ4v) is 2.95. The smallest absolute Gasteiger partial charge is 0.306 e. The summed E-state index contributed by atoms with van der Waals surface area (Å²) in [5.74, 6) is 0.567. The van der Waals surface area contributed by atoms with E-state index in [0.717, 1.165) is 6.04 Å². The summed E-state index contributed by atoms with van der Waals surface area (Å²) in [5.41, 5.74) is 0. The molecule has 3 heteroatoms. The summed E-state index contributed by atoms with van der Waals surface area (Å²) >= 11 is 0. The summed E-state index contributed by atoms with van der Waals surface area (Å²) in [6, 6.07) is 0.762. The number of hydrogen-bond acceptors (Lipinski definition) is 3. The predicted octanol–water partition coefficient (Wildman–Crippen LogP) is 1.81. The van der Waals surface area contributed by atoms with Crippen molar-refractivity contribution in [3.63, 3.8) is 0 Å². The van der Waals surface area contributed by atoms with Crippen molar-refractivity contribution in [2.45, 2.75) is 45.1 Å². The molecule has 2 rings (SSSR count). The standard InChI is InChI=1S/C12H21NO2/c1-2-15-12(14)9-10-5-7-13-6-3-4-11(13)8-10/h10-11H,2-9H2,1H3/t10-,11-/m0/s1. The molecule has 15 heavy (non-hydrogen) atoms. The molecule has 0 amide bonds. The van der Waals surface area contributed by atoms with Gasteiger partial charge in [-0.3, -0.25) is 4.79 Å². The Kier molecular flexibility index (Phi) is 3.62. The molecule has 0 radical (unpaired) electrons. The Balaban J connectivity index is 1.77. The van der Waals surface area contributed by atoms with Gasteiger partial charge in [-0.15, -0.1) is 0 Å². The molecule has 0 aromatic rings. The first kappa shape index (κ1) is 10.9. The maximum Gasteiger partial charge on any atom is 0.306 e. The van der Waals surface area contributed by atoms with Crippen molar-refractivity contribution in [1.82, 2.24) is 4.90 Å². The van der Waals surface area contributed by atoms with E-state index in [2.05, 4.69) is 4.90 Å². The molecule has 86 valence electrons. The molecule has 2 fully saturated rings. The molecule has 3 nitrogen and oxygen atoms in total. The summed E-state index contributed by atoms with van der Waals surface area (Å²) in [7, 11) is 0. The maximum atomic E-state index is 11.4. The van der Waals surface area contributed by atoms with Crippen molar-refractivity contribution in [2.24, 2.45) is 5.92 Å². The molecule has 2 aliphatic heterocycles. The van der Waals surface area contributed by atoms with Gasteiger partial charge in [0.25, 0.3) is 0 Å². The average molecular weight is 211 g/mol. The van der Waals surface area contributed by atoms with Crippen LogP contribution in [0, 0.1) is 5.92 Å². The van der Waals surface area contributed by atoms with E-state index in [1.165, 1.54) is 38.8 Å². The van der Waals surface area contributed by atoms with Crippen LogP contribution in [-0.2, 0) is 9.53 Å². The summed E-state index contributed by atoms with van der Waals surface area (Å²) < 4.78 is 5.00. The second kappa shape index (κ2) is 4.97. The molecule has 2 saturated heterocycles. The average Bonchev–Trinajstić information content (AvgIpc) is 2.65. The van der Waals surface area contributed by atoms with Crippen LogP contribution >= 0.6 is 0 Å². The first-order valence-corrected chi connectivity index (χ1v) is 6.19. The van der Waals surface area contributed by atoms with E-state index in [0.29, 0.717) is 18.9 Å². The SMILES string of the molecule is CCOC(=O)C[C@H]1CCN2CCC[C@H]2C1. The van der Waals surface area contributed by atoms with Crippen LogP contribution in [0.5, 0.6) is 0 Å². The van der Waals surface area contributed by atoms with Gasteiger partial charge in [0.05, 0.1) is 6.61 Å². The molecule has 0 unspecified atom stereocenters. The van der Waals surface area contributed by atoms with Crippen LogP contribution in [0.2, 0.25) is 0 Å². The van der Waals surface area contributed by atoms with Gasteiger partial charge in [0.15, 0.2) is 0 Å². The summed E-state index contributed by atoms with van der Waals surface area (Å²) in [6.07, 6.45) is 5.70. The monoisotopic (exact) mass is 211 g/mol. The number of hydrogen-bond donors (Lipinski definition) is 0. The maximum absolute atomic E-state index is 11.4. The number of nitrogens with zero attached hydrogens (tertiary/aromatic N) is 1. The molecular weight excluding hydrogens is 190 g/mol. The van der Waals surface area contributed by atoms with Gasteiger partial charge >= 0.3 is 5.97 Å². The fourth-order valence-electron chi connectivity index (χ4n) is 2.95. The minimum absolute atomic E-state index is 0.00560. The van der Waals surface area contributed by atoms with Crippen molar-refractivity contribution in [1.29, 1.82) is 0 Å². The first-order chi connectivity index (χ1) is 7.29. The van der Waals surface area contributed by atoms with E-state index in [4.69, 9.17) is 4.74 Å². The van der Waals surface area contributed by atoms with Crippen molar-refractivity contribution >= 4 is 5.97 Å². The number of rotatable bonds is 3. The van der Waals surface area contributed by atoms with Crippen LogP contribution in [-0.4, -0.2) is 36.6 Å². The first-order valence-electron chi connectivity index (χ1n) is 6.19. The highest BCUT2D eigenvalue weighted by Gasteiger charge is 2.32. The molecule has 2 atom stereocenters. The Labute approximate surface area is 91.8 Å². The second-order valence-corrected chi connectivity index (χ2v) is 4.73. The van der Waals surface area contributed by atoms with E-state index >= 15 is 0 Å². The summed E-state index contributed by atoms with van der Waals surface area (Å²) in [6.45, 7) is 4.85. The third-order valence-electron chi connectivity index (χ3n) is 3.69. The van der Waals surface area contributed by atoms with E-state index in [9.17, 15) is 4.79 Å². The van der Waals surface area contributed by atoms with Gasteiger partial charge in [-0.25, -0.2) is 0 Å². The van der Waals surface area contributed by atoms with Gasteiger partial charge in [-0.2, -0.15) is 0 Å². The highest BCUT2D eigenvalue weighted by molar-refractivity contribution is 5.69. The van der Waals surface area contributed by atoms with Crippen LogP contribution in [0.4, 0.5) is 0 Å². The third-order valence-corrected chi connectivity index (χ3v) is 3.69. The minimum atomic E-state index is -0.00560. The van der Waals surface area contributed by atoms with Crippen LogP contribution in [0.15, 0.2) is 0 Å². The Morgan fingerprint density at radius 3 is 3.07 bits per heavy atom. The molecule has 0 spiro atoms. The highest BCUT2D eigenvalue weighted by atomic mass is 16.5. The minimum Gasteiger partial charge on any atom is -0.466 e. The van der Waals surface area contributed by atoms with Crippen LogP contribution in [0.1, 0.15) is 39.0 Å². The van der Waals surface area contributed by atoms with Gasteiger partial charge in [-0.1, -0.05) is 0 Å². The zero-order valence-electron chi connectivity index (χ0n) is 9.58. The zero-order valence-corrected chi connectivity index (χ0v) is 9.58. The van der Waals surface area contributed by atoms with E-state index < -0.39 is 0 Å². The van der Waals surface area contributed by atoms with E-state index in [-0.39, 0.29) is 5.97 Å². The lowest BCUT2D eigenvalue weighted by Gasteiger charge is -2.34. The van der Waals surface area contributed by atoms with Crippen LogP contribution in [0.25, 0.3) is 0 Å². The van der Waals surface area contributed by atoms with Gasteiger partial charge in [-0.05, 0) is 51.6 Å². The third kappa shape index (κ3) is 2.71. The van der Waals surface area contributed by atoms with Gasteiger partial charge < -0.3 is 9.64 Å². The van der Waals surface area contributed by atoms with Crippen molar-refractivity contribution in [2.75, 3.05) is 19.7 Å². The molecule has 2 heterocycles. The lowest BCUT2D eigenvalue weighted by Crippen LogP contribution is -2.38. The lowest BCUT2D eigenvalue weighted by atomic mass is 9.89. The van der Waals surface area contributed by atoms with Crippen molar-refractivity contribution < 1.29 is 9.53 Å². The topological polar surface area (TPSA) is 29.5 Å². The second-order valence-electron chi connectivity index (χ2n) is 4.73. The Morgan fingerprint density at radius 1 is 1.40 bits per heavy atom. The van der Waals surface area contributed by atoms with Crippen LogP contribution < -0.4 is 0 Å². The molecule has 2 aliphatic rings. The van der Waals surface area contributed by atoms with E-state index in [1.807, 2.05) is 6.92 Å². The number of carbonyl (C=O) groups is 1. The Bertz CT molecular complexity index is 230. The number of esters is 1. The highest BCUT2D eigenvalue weighted by Crippen LogP contribution is 2.31. The van der Waals surface area contributed by atoms with Gasteiger partial charge in [0.1, 0.15) is 0 Å². The van der Waals surface area contributed by atoms with Gasteiger partial charge in [0.2, 0.25) is 0 Å². The zero-order chi connectivity index (χ0) is 10.7. The van der Waals surface area contributed by atoms with E-state index in [1.54, 1.807) is 0 Å². The van der Waals surface area contributed by atoms with Crippen LogP contribution in [0.3, 0.4) is 0 Å². The van der Waals surface area contributed by atoms with Crippen molar-refractivity contribution in [3.05, 3.63) is 0 Å². The molecular formula is C12H21NO2.